The molecule has 2 aromatic carbocycles. The number of halogens is 2. The molecule has 0 aliphatic heterocycles. The Labute approximate surface area is 256 Å². The summed E-state index contributed by atoms with van der Waals surface area (Å²) in [5, 5.41) is 5.01. The molecule has 0 spiro atoms. The third-order valence-electron chi connectivity index (χ3n) is 6.64. The number of pyridine rings is 1. The van der Waals surface area contributed by atoms with Crippen LogP contribution >= 0.6 is 0 Å². The number of carbonyl (C=O) groups excluding carboxylic acids is 3. The van der Waals surface area contributed by atoms with Gasteiger partial charge < -0.3 is 34.6 Å². The first-order valence-corrected chi connectivity index (χ1v) is 13.8. The number of likely N-dealkylation sites (N-methyl/N-ethyl adjacent to an activating group) is 1. The Morgan fingerprint density at radius 2 is 1.93 bits per heavy atom. The van der Waals surface area contributed by atoms with Gasteiger partial charge in [-0.1, -0.05) is 12.1 Å². The van der Waals surface area contributed by atoms with Crippen molar-refractivity contribution in [3.63, 3.8) is 0 Å². The Kier molecular flexibility index (Phi) is 10.6. The molecule has 0 saturated heterocycles. The first-order chi connectivity index (χ1) is 21.5. The van der Waals surface area contributed by atoms with E-state index in [1.165, 1.54) is 33.9 Å². The van der Waals surface area contributed by atoms with E-state index in [4.69, 9.17) is 4.74 Å². The Morgan fingerprint density at radius 1 is 1.13 bits per heavy atom. The van der Waals surface area contributed by atoms with Gasteiger partial charge in [-0.25, -0.2) is 18.6 Å². The molecule has 14 heteroatoms. The van der Waals surface area contributed by atoms with Gasteiger partial charge in [0.25, 0.3) is 5.56 Å². The fourth-order valence-corrected chi connectivity index (χ4v) is 4.25. The molecule has 3 amide bonds. The lowest BCUT2D eigenvalue weighted by Crippen LogP contribution is -2.44. The van der Waals surface area contributed by atoms with Gasteiger partial charge in [-0.05, 0) is 55.3 Å². The van der Waals surface area contributed by atoms with Crippen LogP contribution in [0.3, 0.4) is 0 Å². The summed E-state index contributed by atoms with van der Waals surface area (Å²) < 4.78 is 39.0. The number of hydrogen-bond donors (Lipinski definition) is 3. The highest BCUT2D eigenvalue weighted by Gasteiger charge is 2.22. The van der Waals surface area contributed by atoms with Crippen molar-refractivity contribution in [2.45, 2.75) is 32.0 Å². The van der Waals surface area contributed by atoms with Crippen LogP contribution in [0.5, 0.6) is 5.75 Å². The van der Waals surface area contributed by atoms with Crippen LogP contribution in [0.4, 0.5) is 19.3 Å². The number of aromatic amines is 1. The highest BCUT2D eigenvalue weighted by Crippen LogP contribution is 2.25. The number of benzene rings is 2. The Bertz CT molecular complexity index is 1780. The number of fused-ring (bicyclic) bond motifs is 1. The molecule has 45 heavy (non-hydrogen) atoms. The Morgan fingerprint density at radius 3 is 2.67 bits per heavy atom. The summed E-state index contributed by atoms with van der Waals surface area (Å²) in [5.74, 6) is -1.52. The lowest BCUT2D eigenvalue weighted by molar-refractivity contribution is -0.123. The van der Waals surface area contributed by atoms with E-state index in [0.29, 0.717) is 22.6 Å². The lowest BCUT2D eigenvalue weighted by atomic mass is 10.1. The number of H-pyrrole nitrogens is 1. The second-order valence-electron chi connectivity index (χ2n) is 10.1. The van der Waals surface area contributed by atoms with Gasteiger partial charge in [-0.15, -0.1) is 0 Å². The number of imidazole rings is 1. The number of aromatic nitrogens is 3. The second kappa shape index (κ2) is 14.8. The average Bonchev–Trinajstić information content (AvgIpc) is 3.43. The molecule has 4 aromatic rings. The smallest absolute Gasteiger partial charge is 0.407 e. The van der Waals surface area contributed by atoms with Gasteiger partial charge >= 0.3 is 6.09 Å². The van der Waals surface area contributed by atoms with E-state index in [9.17, 15) is 28.0 Å². The van der Waals surface area contributed by atoms with Crippen molar-refractivity contribution < 1.29 is 32.6 Å². The number of para-hydroxylation sites is 1. The van der Waals surface area contributed by atoms with Crippen molar-refractivity contribution in [1.82, 2.24) is 24.8 Å². The predicted octanol–water partition coefficient (Wildman–Crippen LogP) is 3.72. The zero-order chi connectivity index (χ0) is 32.5. The number of nitrogens with one attached hydrogen (secondary N) is 3. The molecule has 4 rings (SSSR count). The molecule has 12 nitrogen and oxygen atoms in total. The highest BCUT2D eigenvalue weighted by atomic mass is 19.1. The van der Waals surface area contributed by atoms with Crippen LogP contribution in [0.15, 0.2) is 71.7 Å². The summed E-state index contributed by atoms with van der Waals surface area (Å²) in [6, 6.07) is 10.3. The molecule has 2 aromatic heterocycles. The standard InChI is InChI=1S/C31H32F2N6O6/c1-38(2)27(40)12-5-4-8-23(36-31(43)44-3)29(41)35-24-10-7-15-39(30(24)42)17-26-34-22-9-6-11-25(28(22)37-26)45-18-19-13-14-20(32)16-21(19)33/h5-7,9-16,23H,4,8,17-18H2,1-3H3,(H,34,37)(H,35,41)(H,36,43)/b12-5+. The van der Waals surface area contributed by atoms with E-state index in [0.717, 1.165) is 19.2 Å². The Balaban J connectivity index is 1.47. The monoisotopic (exact) mass is 622 g/mol. The van der Waals surface area contributed by atoms with E-state index < -0.39 is 35.2 Å². The molecule has 0 bridgehead atoms. The number of hydrogen-bond acceptors (Lipinski definition) is 7. The number of methoxy groups -OCH3 is 1. The van der Waals surface area contributed by atoms with E-state index in [1.54, 1.807) is 44.4 Å². The SMILES string of the molecule is COC(=O)NC(CC/C=C/C(=O)N(C)C)C(=O)Nc1cccn(Cc2nc3c(OCc4ccc(F)cc4F)cccc3[nH]2)c1=O. The van der Waals surface area contributed by atoms with Gasteiger partial charge in [0.05, 0.1) is 19.2 Å². The van der Waals surface area contributed by atoms with E-state index >= 15 is 0 Å². The number of anilines is 1. The van der Waals surface area contributed by atoms with Gasteiger partial charge in [0, 0.05) is 31.9 Å². The lowest BCUT2D eigenvalue weighted by Gasteiger charge is -2.17. The van der Waals surface area contributed by atoms with Gasteiger partial charge in [-0.2, -0.15) is 0 Å². The Hall–Kier alpha value is -5.53. The van der Waals surface area contributed by atoms with Crippen LogP contribution < -0.4 is 20.9 Å². The number of ether oxygens (including phenoxy) is 2. The van der Waals surface area contributed by atoms with Crippen LogP contribution in [-0.4, -0.2) is 64.6 Å². The number of nitrogens with zero attached hydrogens (tertiary/aromatic N) is 3. The first-order valence-electron chi connectivity index (χ1n) is 13.8. The van der Waals surface area contributed by atoms with Gasteiger partial charge in [0.15, 0.2) is 0 Å². The molecule has 236 valence electrons. The fraction of sp³-hybridized carbons (Fsp3) is 0.258. The highest BCUT2D eigenvalue weighted by molar-refractivity contribution is 5.96. The summed E-state index contributed by atoms with van der Waals surface area (Å²) in [7, 11) is 4.37. The fourth-order valence-electron chi connectivity index (χ4n) is 4.25. The third-order valence-corrected chi connectivity index (χ3v) is 6.64. The maximum absolute atomic E-state index is 14.1. The van der Waals surface area contributed by atoms with Crippen molar-refractivity contribution in [1.29, 1.82) is 0 Å². The molecule has 0 aliphatic carbocycles. The molecular formula is C31H32F2N6O6. The molecule has 1 atom stereocenters. The molecule has 0 fully saturated rings. The summed E-state index contributed by atoms with van der Waals surface area (Å²) in [6.45, 7) is -0.136. The van der Waals surface area contributed by atoms with E-state index in [1.807, 2.05) is 0 Å². The van der Waals surface area contributed by atoms with Crippen LogP contribution in [-0.2, 0) is 27.5 Å². The molecule has 0 aliphatic rings. The van der Waals surface area contributed by atoms with E-state index in [2.05, 4.69) is 25.3 Å². The van der Waals surface area contributed by atoms with Crippen molar-refractivity contribution in [3.05, 3.63) is 100 Å². The molecule has 2 heterocycles. The summed E-state index contributed by atoms with van der Waals surface area (Å²) in [5.41, 5.74) is 0.680. The first kappa shape index (κ1) is 32.4. The predicted molar refractivity (Wildman–Crippen MR) is 162 cm³/mol. The van der Waals surface area contributed by atoms with Crippen molar-refractivity contribution >= 4 is 34.6 Å². The van der Waals surface area contributed by atoms with Crippen LogP contribution in [0.1, 0.15) is 24.2 Å². The topological polar surface area (TPSA) is 148 Å². The summed E-state index contributed by atoms with van der Waals surface area (Å²) >= 11 is 0. The largest absolute Gasteiger partial charge is 0.486 e. The minimum Gasteiger partial charge on any atom is -0.486 e. The van der Waals surface area contributed by atoms with Crippen molar-refractivity contribution in [2.24, 2.45) is 0 Å². The molecular weight excluding hydrogens is 590 g/mol. The van der Waals surface area contributed by atoms with Gasteiger partial charge in [0.2, 0.25) is 11.8 Å². The van der Waals surface area contributed by atoms with Crippen molar-refractivity contribution in [3.8, 4) is 5.75 Å². The van der Waals surface area contributed by atoms with Crippen LogP contribution in [0, 0.1) is 11.6 Å². The van der Waals surface area contributed by atoms with Gasteiger partial charge in [-0.3, -0.25) is 14.4 Å². The molecule has 0 radical (unpaired) electrons. The molecule has 3 N–H and O–H groups in total. The number of allylic oxidation sites excluding steroid dienone is 1. The second-order valence-corrected chi connectivity index (χ2v) is 10.1. The quantitative estimate of drug-likeness (QED) is 0.204. The minimum atomic E-state index is -1.05. The third kappa shape index (κ3) is 8.53. The van der Waals surface area contributed by atoms with Crippen LogP contribution in [0.2, 0.25) is 0 Å². The average molecular weight is 623 g/mol. The maximum atomic E-state index is 14.1. The number of amides is 3. The number of rotatable bonds is 12. The van der Waals surface area contributed by atoms with Crippen LogP contribution in [0.25, 0.3) is 11.0 Å². The maximum Gasteiger partial charge on any atom is 0.407 e. The normalized spacial score (nSPS) is 11.8. The zero-order valence-electron chi connectivity index (χ0n) is 24.8. The summed E-state index contributed by atoms with van der Waals surface area (Å²) in [4.78, 5) is 59.0. The van der Waals surface area contributed by atoms with Crippen molar-refractivity contribution in [2.75, 3.05) is 26.5 Å². The summed E-state index contributed by atoms with van der Waals surface area (Å²) in [6.07, 6.45) is 4.07. The number of alkyl carbamates (subject to hydrolysis) is 1. The molecule has 1 unspecified atom stereocenters. The molecule has 0 saturated carbocycles. The minimum absolute atomic E-state index is 0.0117. The van der Waals surface area contributed by atoms with E-state index in [-0.39, 0.29) is 43.2 Å². The zero-order valence-corrected chi connectivity index (χ0v) is 24.8. The number of carbonyl (C=O) groups is 3. The van der Waals surface area contributed by atoms with Gasteiger partial charge in [0.1, 0.15) is 47.1 Å².